The van der Waals surface area contributed by atoms with Gasteiger partial charge in [-0.1, -0.05) is 6.07 Å². The molecule has 3 atom stereocenters. The quantitative estimate of drug-likeness (QED) is 0.144. The monoisotopic (exact) mass is 566 g/mol. The van der Waals surface area contributed by atoms with Gasteiger partial charge in [-0.2, -0.15) is 0 Å². The lowest BCUT2D eigenvalue weighted by Gasteiger charge is -2.38. The highest BCUT2D eigenvalue weighted by atomic mass is 32.2. The van der Waals surface area contributed by atoms with Gasteiger partial charge < -0.3 is 19.5 Å². The molecule has 1 aliphatic heterocycles. The van der Waals surface area contributed by atoms with Crippen LogP contribution in [0.4, 0.5) is 17.6 Å². The van der Waals surface area contributed by atoms with Gasteiger partial charge in [0.15, 0.2) is 0 Å². The molecule has 1 saturated heterocycles. The van der Waals surface area contributed by atoms with Crippen LogP contribution in [-0.4, -0.2) is 60.5 Å². The van der Waals surface area contributed by atoms with Crippen LogP contribution >= 0.6 is 11.8 Å². The Hall–Kier alpha value is -2.56. The molecule has 2 heterocycles. The molecule has 0 unspecified atom stereocenters. The molecular weight excluding hydrogens is 532 g/mol. The van der Waals surface area contributed by atoms with Crippen LogP contribution < -0.4 is 9.47 Å². The topological polar surface area (TPSA) is 54.8 Å². The number of ether oxygens (including phenoxy) is 2. The molecule has 1 N–H and O–H groups in total. The first kappa shape index (κ1) is 29.4. The predicted octanol–water partition coefficient (Wildman–Crippen LogP) is 7.05. The van der Waals surface area contributed by atoms with Gasteiger partial charge in [0.25, 0.3) is 0 Å². The molecule has 0 radical (unpaired) electrons. The van der Waals surface area contributed by atoms with Crippen molar-refractivity contribution in [3.63, 3.8) is 0 Å². The van der Waals surface area contributed by atoms with Crippen LogP contribution in [0.15, 0.2) is 59.6 Å². The number of hydrogen-bond donors (Lipinski definition) is 1. The number of likely N-dealkylation sites (tertiary alicyclic amines) is 1. The molecule has 10 heteroatoms. The van der Waals surface area contributed by atoms with Crippen molar-refractivity contribution in [1.82, 2.24) is 9.88 Å². The minimum absolute atomic E-state index is 0.0637. The summed E-state index contributed by atoms with van der Waals surface area (Å²) in [5, 5.41) is 10.8. The second kappa shape index (κ2) is 13.7. The molecule has 1 aliphatic rings. The van der Waals surface area contributed by atoms with Crippen LogP contribution in [0.1, 0.15) is 37.4 Å². The number of thioether (sulfide) groups is 1. The number of aromatic nitrogens is 1. The number of benzene rings is 2. The fraction of sp³-hybridized carbons (Fsp3) is 0.483. The maximum absolute atomic E-state index is 15.4. The Morgan fingerprint density at radius 2 is 1.97 bits per heavy atom. The van der Waals surface area contributed by atoms with Gasteiger partial charge in [0.05, 0.1) is 12.6 Å². The standard InChI is InChI=1S/C29H34F4N2O3S/c1-37-22-7-9-28-26(17-22)25(10-12-34-28)27(30)8-6-20-11-14-35(18-21(20)19-36)13-3-15-39-24-5-2-4-23(16-24)38-29(31,32)33/h2,4-5,7,9-10,12,16-17,20-21,27,36H,3,6,8,11,13-15,18-19H2,1H3/t20-,21-,27-/m1/s1. The molecule has 39 heavy (non-hydrogen) atoms. The van der Waals surface area contributed by atoms with E-state index in [2.05, 4.69) is 14.6 Å². The molecule has 0 aliphatic carbocycles. The minimum atomic E-state index is -4.70. The summed E-state index contributed by atoms with van der Waals surface area (Å²) in [5.41, 5.74) is 1.35. The summed E-state index contributed by atoms with van der Waals surface area (Å²) in [6, 6.07) is 13.2. The van der Waals surface area contributed by atoms with Crippen molar-refractivity contribution in [3.8, 4) is 11.5 Å². The molecule has 5 nitrogen and oxygen atoms in total. The number of pyridine rings is 1. The number of methoxy groups -OCH3 is 1. The zero-order chi connectivity index (χ0) is 27.8. The van der Waals surface area contributed by atoms with Crippen molar-refractivity contribution in [1.29, 1.82) is 0 Å². The first-order chi connectivity index (χ1) is 18.8. The molecule has 1 fully saturated rings. The number of aliphatic hydroxyl groups excluding tert-OH is 1. The SMILES string of the molecule is COc1ccc2nccc([C@H](F)CC[C@@H]3CCN(CCCSc4cccc(OC(F)(F)F)c4)C[C@@H]3CO)c2c1. The average molecular weight is 567 g/mol. The maximum atomic E-state index is 15.4. The zero-order valence-corrected chi connectivity index (χ0v) is 22.7. The van der Waals surface area contributed by atoms with E-state index >= 15 is 4.39 Å². The fourth-order valence-electron chi connectivity index (χ4n) is 5.25. The van der Waals surface area contributed by atoms with E-state index in [-0.39, 0.29) is 24.2 Å². The Morgan fingerprint density at radius 1 is 1.13 bits per heavy atom. The van der Waals surface area contributed by atoms with Crippen molar-refractivity contribution in [2.75, 3.05) is 39.1 Å². The smallest absolute Gasteiger partial charge is 0.497 e. The van der Waals surface area contributed by atoms with Gasteiger partial charge in [-0.15, -0.1) is 24.9 Å². The number of piperidine rings is 1. The van der Waals surface area contributed by atoms with Crippen molar-refractivity contribution in [2.45, 2.75) is 43.1 Å². The number of fused-ring (bicyclic) bond motifs is 1. The van der Waals surface area contributed by atoms with Crippen LogP contribution in [0.5, 0.6) is 11.5 Å². The summed E-state index contributed by atoms with van der Waals surface area (Å²) in [6.45, 7) is 2.54. The normalized spacial score (nSPS) is 19.2. The van der Waals surface area contributed by atoms with Gasteiger partial charge in [-0.05, 0) is 104 Å². The second-order valence-electron chi connectivity index (χ2n) is 9.84. The third kappa shape index (κ3) is 8.46. The molecule has 0 bridgehead atoms. The Bertz CT molecular complexity index is 1210. The molecule has 0 amide bonds. The van der Waals surface area contributed by atoms with Gasteiger partial charge in [0.1, 0.15) is 17.7 Å². The van der Waals surface area contributed by atoms with E-state index in [4.69, 9.17) is 4.74 Å². The number of rotatable bonds is 12. The molecule has 0 spiro atoms. The lowest BCUT2D eigenvalue weighted by molar-refractivity contribution is -0.274. The Balaban J connectivity index is 1.23. The van der Waals surface area contributed by atoms with E-state index in [1.807, 2.05) is 18.2 Å². The van der Waals surface area contributed by atoms with Crippen LogP contribution in [0.2, 0.25) is 0 Å². The van der Waals surface area contributed by atoms with Crippen LogP contribution in [-0.2, 0) is 0 Å². The van der Waals surface area contributed by atoms with Crippen molar-refractivity contribution >= 4 is 22.7 Å². The maximum Gasteiger partial charge on any atom is 0.573 e. The predicted molar refractivity (Wildman–Crippen MR) is 145 cm³/mol. The van der Waals surface area contributed by atoms with E-state index in [9.17, 15) is 18.3 Å². The minimum Gasteiger partial charge on any atom is -0.497 e. The summed E-state index contributed by atoms with van der Waals surface area (Å²) in [7, 11) is 1.58. The lowest BCUT2D eigenvalue weighted by atomic mass is 9.81. The molecule has 0 saturated carbocycles. The molecular formula is C29H34F4N2O3S. The van der Waals surface area contributed by atoms with Crippen LogP contribution in [0.25, 0.3) is 10.9 Å². The molecule has 212 valence electrons. The Morgan fingerprint density at radius 3 is 2.74 bits per heavy atom. The largest absolute Gasteiger partial charge is 0.573 e. The van der Waals surface area contributed by atoms with Gasteiger partial charge >= 0.3 is 6.36 Å². The van der Waals surface area contributed by atoms with Crippen molar-refractivity contribution < 1.29 is 32.1 Å². The van der Waals surface area contributed by atoms with E-state index in [0.717, 1.165) is 54.0 Å². The first-order valence-corrected chi connectivity index (χ1v) is 14.1. The zero-order valence-electron chi connectivity index (χ0n) is 21.9. The van der Waals surface area contributed by atoms with Gasteiger partial charge in [-0.3, -0.25) is 4.98 Å². The fourth-order valence-corrected chi connectivity index (χ4v) is 6.13. The Kier molecular flexibility index (Phi) is 10.3. The molecule has 2 aromatic carbocycles. The van der Waals surface area contributed by atoms with Gasteiger partial charge in [0.2, 0.25) is 0 Å². The molecule has 3 aromatic rings. The Labute approximate surface area is 230 Å². The highest BCUT2D eigenvalue weighted by Crippen LogP contribution is 2.35. The lowest BCUT2D eigenvalue weighted by Crippen LogP contribution is -2.42. The van der Waals surface area contributed by atoms with Crippen molar-refractivity contribution in [3.05, 3.63) is 60.3 Å². The number of alkyl halides is 4. The van der Waals surface area contributed by atoms with Crippen molar-refractivity contribution in [2.24, 2.45) is 11.8 Å². The molecule has 1 aromatic heterocycles. The molecule has 4 rings (SSSR count). The highest BCUT2D eigenvalue weighted by molar-refractivity contribution is 7.99. The highest BCUT2D eigenvalue weighted by Gasteiger charge is 2.31. The number of nitrogens with zero attached hydrogens (tertiary/aromatic N) is 2. The number of aliphatic hydroxyl groups is 1. The van der Waals surface area contributed by atoms with E-state index < -0.39 is 12.5 Å². The van der Waals surface area contributed by atoms with Gasteiger partial charge in [0, 0.05) is 29.6 Å². The number of hydrogen-bond acceptors (Lipinski definition) is 6. The average Bonchev–Trinajstić information content (AvgIpc) is 2.93. The third-order valence-electron chi connectivity index (χ3n) is 7.25. The van der Waals surface area contributed by atoms with E-state index in [1.54, 1.807) is 31.5 Å². The van der Waals surface area contributed by atoms with E-state index in [0.29, 0.717) is 24.2 Å². The first-order valence-electron chi connectivity index (χ1n) is 13.1. The third-order valence-corrected chi connectivity index (χ3v) is 8.33. The van der Waals surface area contributed by atoms with Crippen LogP contribution in [0, 0.1) is 11.8 Å². The summed E-state index contributed by atoms with van der Waals surface area (Å²) < 4.78 is 62.0. The second-order valence-corrected chi connectivity index (χ2v) is 11.0. The summed E-state index contributed by atoms with van der Waals surface area (Å²) in [5.74, 6) is 1.54. The number of halogens is 4. The van der Waals surface area contributed by atoms with E-state index in [1.165, 1.54) is 23.9 Å². The summed E-state index contributed by atoms with van der Waals surface area (Å²) >= 11 is 1.49. The summed E-state index contributed by atoms with van der Waals surface area (Å²) in [6.07, 6.45) is -1.36. The van der Waals surface area contributed by atoms with Crippen LogP contribution in [0.3, 0.4) is 0 Å². The van der Waals surface area contributed by atoms with Gasteiger partial charge in [-0.25, -0.2) is 4.39 Å². The summed E-state index contributed by atoms with van der Waals surface area (Å²) in [4.78, 5) is 7.38.